The summed E-state index contributed by atoms with van der Waals surface area (Å²) in [6.07, 6.45) is 13.1. The number of thiocarbonyl (C=S) groups is 1. The number of hydrogen-bond acceptors (Lipinski definition) is 4. The summed E-state index contributed by atoms with van der Waals surface area (Å²) in [5, 5.41) is 11.5. The molecule has 27 heavy (non-hydrogen) atoms. The number of aromatic nitrogens is 2. The molecule has 1 aromatic rings. The Morgan fingerprint density at radius 2 is 1.22 bits per heavy atom. The lowest BCUT2D eigenvalue weighted by molar-refractivity contribution is 0.377. The number of hydrogen-bond donors (Lipinski definition) is 1. The summed E-state index contributed by atoms with van der Waals surface area (Å²) >= 11 is 4.91. The number of unbranched alkanes of at least 4 members (excludes halogenated alkanes) is 10. The molecule has 0 aliphatic rings. The largest absolute Gasteiger partial charge is 0.494 e. The first-order valence-electron chi connectivity index (χ1n) is 10.6. The van der Waals surface area contributed by atoms with Crippen molar-refractivity contribution in [3.63, 3.8) is 0 Å². The highest BCUT2D eigenvalue weighted by molar-refractivity contribution is 7.79. The van der Waals surface area contributed by atoms with Crippen molar-refractivity contribution in [1.29, 1.82) is 0 Å². The average molecular weight is 397 g/mol. The van der Waals surface area contributed by atoms with Gasteiger partial charge in [-0.05, 0) is 12.8 Å². The van der Waals surface area contributed by atoms with E-state index in [4.69, 9.17) is 12.2 Å². The first-order chi connectivity index (χ1) is 13.1. The topological polar surface area (TPSA) is 64.2 Å². The minimum absolute atomic E-state index is 0.0570. The lowest BCUT2D eigenvalue weighted by Crippen LogP contribution is -2.41. The van der Waals surface area contributed by atoms with Crippen LogP contribution in [0.15, 0.2) is 9.59 Å². The van der Waals surface area contributed by atoms with Crippen LogP contribution in [0.2, 0.25) is 0 Å². The van der Waals surface area contributed by atoms with Crippen molar-refractivity contribution in [2.75, 3.05) is 0 Å². The second kappa shape index (κ2) is 13.7. The maximum atomic E-state index is 12.7. The smallest absolute Gasteiger partial charge is 0.333 e. The van der Waals surface area contributed by atoms with Gasteiger partial charge < -0.3 is 5.11 Å². The van der Waals surface area contributed by atoms with Gasteiger partial charge in [0.25, 0.3) is 5.56 Å². The molecule has 0 saturated heterocycles. The van der Waals surface area contributed by atoms with Gasteiger partial charge >= 0.3 is 5.69 Å². The van der Waals surface area contributed by atoms with Gasteiger partial charge in [0.15, 0.2) is 0 Å². The Hall–Kier alpha value is -1.43. The van der Waals surface area contributed by atoms with Crippen molar-refractivity contribution < 1.29 is 5.11 Å². The Labute approximate surface area is 168 Å². The highest BCUT2D eigenvalue weighted by Gasteiger charge is 2.16. The second-order valence-corrected chi connectivity index (χ2v) is 7.52. The molecule has 1 rings (SSSR count). The van der Waals surface area contributed by atoms with Gasteiger partial charge in [0.1, 0.15) is 5.56 Å². The molecular weight excluding hydrogens is 360 g/mol. The maximum absolute atomic E-state index is 12.7. The van der Waals surface area contributed by atoms with E-state index in [1.54, 1.807) is 0 Å². The van der Waals surface area contributed by atoms with Crippen LogP contribution in [0, 0.1) is 0 Å². The zero-order chi connectivity index (χ0) is 20.1. The van der Waals surface area contributed by atoms with E-state index in [2.05, 4.69) is 13.8 Å². The van der Waals surface area contributed by atoms with Crippen molar-refractivity contribution in [2.24, 2.45) is 0 Å². The van der Waals surface area contributed by atoms with Gasteiger partial charge in [0, 0.05) is 18.5 Å². The number of aromatic hydroxyl groups is 1. The van der Waals surface area contributed by atoms with Crippen LogP contribution in [-0.4, -0.2) is 19.6 Å². The van der Waals surface area contributed by atoms with Crippen LogP contribution in [0.4, 0.5) is 0 Å². The molecule has 0 spiro atoms. The molecule has 0 bridgehead atoms. The molecule has 0 aliphatic carbocycles. The maximum Gasteiger partial charge on any atom is 0.333 e. The van der Waals surface area contributed by atoms with E-state index in [9.17, 15) is 14.7 Å². The van der Waals surface area contributed by atoms with Gasteiger partial charge in [-0.15, -0.1) is 0 Å². The van der Waals surface area contributed by atoms with E-state index in [1.807, 2.05) is 0 Å². The molecule has 0 radical (unpaired) electrons. The van der Waals surface area contributed by atoms with E-state index in [0.29, 0.717) is 13.1 Å². The van der Waals surface area contributed by atoms with Crippen molar-refractivity contribution >= 4 is 17.6 Å². The molecule has 5 nitrogen and oxygen atoms in total. The highest BCUT2D eigenvalue weighted by atomic mass is 32.1. The van der Waals surface area contributed by atoms with Gasteiger partial charge in [-0.1, -0.05) is 90.3 Å². The third-order valence-corrected chi connectivity index (χ3v) is 5.26. The van der Waals surface area contributed by atoms with Crippen molar-refractivity contribution in [3.8, 4) is 5.88 Å². The van der Waals surface area contributed by atoms with Crippen LogP contribution in [-0.2, 0) is 13.1 Å². The molecule has 1 N–H and O–H groups in total. The number of nitrogens with zero attached hydrogens (tertiary/aromatic N) is 2. The van der Waals surface area contributed by atoms with Crippen molar-refractivity contribution in [3.05, 3.63) is 26.4 Å². The van der Waals surface area contributed by atoms with E-state index in [1.165, 1.54) is 53.0 Å². The quantitative estimate of drug-likeness (QED) is 0.342. The molecule has 0 aliphatic heterocycles. The zero-order valence-electron chi connectivity index (χ0n) is 17.0. The average Bonchev–Trinajstić information content (AvgIpc) is 2.66. The third-order valence-electron chi connectivity index (χ3n) is 5.02. The van der Waals surface area contributed by atoms with Gasteiger partial charge in [-0.3, -0.25) is 13.9 Å². The summed E-state index contributed by atoms with van der Waals surface area (Å²) in [5.41, 5.74) is -0.831. The first-order valence-corrected chi connectivity index (χ1v) is 11.1. The van der Waals surface area contributed by atoms with Crippen LogP contribution in [0.25, 0.3) is 0 Å². The van der Waals surface area contributed by atoms with E-state index < -0.39 is 11.2 Å². The first kappa shape index (κ1) is 23.6. The second-order valence-electron chi connectivity index (χ2n) is 7.28. The molecule has 0 unspecified atom stereocenters. The molecule has 0 atom stereocenters. The lowest BCUT2D eigenvalue weighted by Gasteiger charge is -2.14. The lowest BCUT2D eigenvalue weighted by atomic mass is 10.1. The minimum Gasteiger partial charge on any atom is -0.494 e. The summed E-state index contributed by atoms with van der Waals surface area (Å²) in [6.45, 7) is 5.16. The van der Waals surface area contributed by atoms with Gasteiger partial charge in [0.2, 0.25) is 5.88 Å². The molecule has 6 heteroatoms. The fraction of sp³-hybridized carbons (Fsp3) is 0.762. The van der Waals surface area contributed by atoms with Crippen LogP contribution in [0.1, 0.15) is 96.5 Å². The molecule has 0 amide bonds. The Morgan fingerprint density at radius 3 is 1.70 bits per heavy atom. The summed E-state index contributed by atoms with van der Waals surface area (Å²) in [5.74, 6) is -0.284. The Kier molecular flexibility index (Phi) is 12.0. The predicted octanol–water partition coefficient (Wildman–Crippen LogP) is 4.78. The molecular formula is C21H36N2O3S. The van der Waals surface area contributed by atoms with E-state index in [0.717, 1.165) is 38.5 Å². The van der Waals surface area contributed by atoms with E-state index >= 15 is 0 Å². The van der Waals surface area contributed by atoms with Crippen LogP contribution in [0.3, 0.4) is 0 Å². The normalized spacial score (nSPS) is 11.0. The van der Waals surface area contributed by atoms with Gasteiger partial charge in [-0.25, -0.2) is 4.79 Å². The molecule has 1 aromatic heterocycles. The van der Waals surface area contributed by atoms with Crippen LogP contribution in [0.5, 0.6) is 5.88 Å². The Bertz CT molecular complexity index is 679. The molecule has 0 aromatic carbocycles. The summed E-state index contributed by atoms with van der Waals surface area (Å²) < 4.78 is 2.56. The summed E-state index contributed by atoms with van der Waals surface area (Å²) in [6, 6.07) is 0. The van der Waals surface area contributed by atoms with Crippen LogP contribution >= 0.6 is 12.2 Å². The zero-order valence-corrected chi connectivity index (χ0v) is 17.9. The predicted molar refractivity (Wildman–Crippen MR) is 116 cm³/mol. The highest BCUT2D eigenvalue weighted by Crippen LogP contribution is 2.12. The Balaban J connectivity index is 2.80. The monoisotopic (exact) mass is 396 g/mol. The minimum atomic E-state index is -0.472. The van der Waals surface area contributed by atoms with Crippen LogP contribution < -0.4 is 11.2 Å². The molecule has 0 saturated carbocycles. The fourth-order valence-electron chi connectivity index (χ4n) is 3.31. The van der Waals surface area contributed by atoms with Gasteiger partial charge in [-0.2, -0.15) is 0 Å². The molecule has 1 heterocycles. The standard InChI is InChI=1S/C21H36N2O3S/c1-3-5-7-9-11-13-15-22-19(24)18(17-27)20(25)23(21(22)26)16-14-12-10-8-6-4-2/h17,24H,3-16H2,1-2H3. The fourth-order valence-corrected chi connectivity index (χ4v) is 3.52. The summed E-state index contributed by atoms with van der Waals surface area (Å²) in [4.78, 5) is 25.2. The molecule has 154 valence electrons. The number of rotatable bonds is 15. The van der Waals surface area contributed by atoms with Gasteiger partial charge in [0.05, 0.1) is 0 Å². The third kappa shape index (κ3) is 7.60. The Morgan fingerprint density at radius 1 is 0.778 bits per heavy atom. The summed E-state index contributed by atoms with van der Waals surface area (Å²) in [7, 11) is 0. The SMILES string of the molecule is CCCCCCCCn1c(O)c(C=S)c(=O)n(CCCCCCCC)c1=O. The van der Waals surface area contributed by atoms with Crippen molar-refractivity contribution in [2.45, 2.75) is 104 Å². The van der Waals surface area contributed by atoms with E-state index in [-0.39, 0.29) is 11.4 Å². The van der Waals surface area contributed by atoms with Crippen molar-refractivity contribution in [1.82, 2.24) is 9.13 Å². The molecule has 0 fully saturated rings.